The van der Waals surface area contributed by atoms with Gasteiger partial charge in [-0.05, 0) is 29.8 Å². The lowest BCUT2D eigenvalue weighted by Crippen LogP contribution is -2.16. The number of nitrogens with one attached hydrogen (secondary N) is 1. The lowest BCUT2D eigenvalue weighted by atomic mass is 10.1. The van der Waals surface area contributed by atoms with Crippen LogP contribution in [0.5, 0.6) is 5.75 Å². The summed E-state index contributed by atoms with van der Waals surface area (Å²) in [5.41, 5.74) is 1.91. The van der Waals surface area contributed by atoms with E-state index in [4.69, 9.17) is 13.8 Å². The van der Waals surface area contributed by atoms with Gasteiger partial charge >= 0.3 is 7.60 Å². The summed E-state index contributed by atoms with van der Waals surface area (Å²) in [6, 6.07) is 17.2. The monoisotopic (exact) mass is 335 g/mol. The predicted molar refractivity (Wildman–Crippen MR) is 92.3 cm³/mol. The molecule has 124 valence electrons. The number of benzene rings is 2. The van der Waals surface area contributed by atoms with E-state index < -0.39 is 7.60 Å². The molecule has 0 aliphatic carbocycles. The third kappa shape index (κ3) is 4.83. The molecule has 1 N–H and O–H groups in total. The Balaban J connectivity index is 2.24. The minimum absolute atomic E-state index is 0.199. The molecule has 0 aliphatic heterocycles. The molecule has 0 saturated heterocycles. The smallest absolute Gasteiger partial charge is 0.332 e. The Hall–Kier alpha value is -1.81. The molecule has 5 nitrogen and oxygen atoms in total. The largest absolute Gasteiger partial charge is 0.497 e. The first-order chi connectivity index (χ1) is 11.1. The second kappa shape index (κ2) is 8.16. The molecule has 0 unspecified atom stereocenters. The van der Waals surface area contributed by atoms with Crippen molar-refractivity contribution in [1.29, 1.82) is 0 Å². The maximum Gasteiger partial charge on any atom is 0.332 e. The van der Waals surface area contributed by atoms with Crippen molar-refractivity contribution in [3.05, 3.63) is 60.2 Å². The first kappa shape index (κ1) is 17.5. The van der Waals surface area contributed by atoms with Gasteiger partial charge in [-0.25, -0.2) is 0 Å². The summed E-state index contributed by atoms with van der Waals surface area (Å²) in [6.07, 6.45) is 0.232. The highest BCUT2D eigenvalue weighted by molar-refractivity contribution is 7.53. The summed E-state index contributed by atoms with van der Waals surface area (Å²) >= 11 is 0. The van der Waals surface area contributed by atoms with Crippen LogP contribution in [0.25, 0.3) is 0 Å². The van der Waals surface area contributed by atoms with Crippen molar-refractivity contribution < 1.29 is 18.3 Å². The van der Waals surface area contributed by atoms with Crippen LogP contribution < -0.4 is 10.1 Å². The summed E-state index contributed by atoms with van der Waals surface area (Å²) in [5, 5.41) is 3.38. The summed E-state index contributed by atoms with van der Waals surface area (Å²) in [5.74, 6) is 0.784. The highest BCUT2D eigenvalue weighted by Gasteiger charge is 2.27. The van der Waals surface area contributed by atoms with Gasteiger partial charge in [0.2, 0.25) is 0 Å². The third-order valence-electron chi connectivity index (χ3n) is 3.60. The fourth-order valence-corrected chi connectivity index (χ4v) is 3.45. The third-order valence-corrected chi connectivity index (χ3v) is 5.52. The van der Waals surface area contributed by atoms with E-state index in [2.05, 4.69) is 5.32 Å². The minimum Gasteiger partial charge on any atom is -0.497 e. The quantitative estimate of drug-likeness (QED) is 0.728. The Morgan fingerprint density at radius 3 is 2.09 bits per heavy atom. The van der Waals surface area contributed by atoms with Crippen LogP contribution in [0.3, 0.4) is 0 Å². The van der Waals surface area contributed by atoms with Gasteiger partial charge in [-0.1, -0.05) is 30.3 Å². The minimum atomic E-state index is -3.14. The molecule has 0 spiro atoms. The van der Waals surface area contributed by atoms with E-state index in [1.807, 2.05) is 54.6 Å². The molecule has 0 aromatic heterocycles. The second-order valence-electron chi connectivity index (χ2n) is 4.99. The molecule has 2 aromatic carbocycles. The number of hydrogen-bond acceptors (Lipinski definition) is 5. The molecule has 0 heterocycles. The maximum absolute atomic E-state index is 12.5. The maximum atomic E-state index is 12.5. The van der Waals surface area contributed by atoms with Gasteiger partial charge in [0.25, 0.3) is 0 Å². The molecule has 2 aromatic rings. The first-order valence-electron chi connectivity index (χ1n) is 7.26. The average Bonchev–Trinajstić information content (AvgIpc) is 2.62. The molecule has 0 saturated carbocycles. The van der Waals surface area contributed by atoms with Crippen molar-refractivity contribution in [2.24, 2.45) is 0 Å². The van der Waals surface area contributed by atoms with Crippen molar-refractivity contribution in [2.75, 3.05) is 32.8 Å². The number of anilines is 1. The van der Waals surface area contributed by atoms with Gasteiger partial charge in [0.15, 0.2) is 0 Å². The van der Waals surface area contributed by atoms with E-state index >= 15 is 0 Å². The second-order valence-corrected chi connectivity index (χ2v) is 7.31. The van der Waals surface area contributed by atoms with Gasteiger partial charge < -0.3 is 19.1 Å². The van der Waals surface area contributed by atoms with Gasteiger partial charge in [0, 0.05) is 19.9 Å². The van der Waals surface area contributed by atoms with E-state index in [0.29, 0.717) is 0 Å². The molecule has 23 heavy (non-hydrogen) atoms. The fourth-order valence-electron chi connectivity index (χ4n) is 2.26. The van der Waals surface area contributed by atoms with Crippen LogP contribution in [0, 0.1) is 0 Å². The van der Waals surface area contributed by atoms with Crippen LogP contribution >= 0.6 is 7.60 Å². The van der Waals surface area contributed by atoms with Crippen molar-refractivity contribution >= 4 is 13.3 Å². The zero-order chi connectivity index (χ0) is 16.7. The van der Waals surface area contributed by atoms with E-state index in [9.17, 15) is 4.57 Å². The average molecular weight is 335 g/mol. The number of ether oxygens (including phenoxy) is 1. The van der Waals surface area contributed by atoms with Crippen molar-refractivity contribution in [1.82, 2.24) is 0 Å². The Kier molecular flexibility index (Phi) is 6.22. The SMILES string of the molecule is COc1ccc(N[C@H](CP(=O)(OC)OC)c2ccccc2)cc1. The first-order valence-corrected chi connectivity index (χ1v) is 8.99. The van der Waals surface area contributed by atoms with Crippen LogP contribution in [-0.4, -0.2) is 27.5 Å². The van der Waals surface area contributed by atoms with Crippen LogP contribution in [0.4, 0.5) is 5.69 Å². The predicted octanol–water partition coefficient (Wildman–Crippen LogP) is 4.33. The standard InChI is InChI=1S/C17H22NO4P/c1-20-16-11-9-15(10-12-16)18-17(13-23(19,21-2)22-3)14-7-5-4-6-8-14/h4-12,17-18H,13H2,1-3H3/t17-/m1/s1. The van der Waals surface area contributed by atoms with E-state index in [1.165, 1.54) is 14.2 Å². The molecule has 1 atom stereocenters. The van der Waals surface area contributed by atoms with E-state index in [-0.39, 0.29) is 12.2 Å². The Bertz CT molecular complexity index is 637. The molecule has 0 bridgehead atoms. The zero-order valence-corrected chi connectivity index (χ0v) is 14.5. The van der Waals surface area contributed by atoms with Gasteiger partial charge in [0.1, 0.15) is 5.75 Å². The molecular formula is C17H22NO4P. The molecule has 0 aliphatic rings. The van der Waals surface area contributed by atoms with Crippen LogP contribution in [-0.2, 0) is 13.6 Å². The Morgan fingerprint density at radius 2 is 1.57 bits per heavy atom. The van der Waals surface area contributed by atoms with Gasteiger partial charge in [-0.15, -0.1) is 0 Å². The molecule has 6 heteroatoms. The number of rotatable bonds is 8. The highest BCUT2D eigenvalue weighted by Crippen LogP contribution is 2.49. The van der Waals surface area contributed by atoms with Gasteiger partial charge in [0.05, 0.1) is 19.3 Å². The zero-order valence-electron chi connectivity index (χ0n) is 13.6. The van der Waals surface area contributed by atoms with E-state index in [0.717, 1.165) is 17.0 Å². The van der Waals surface area contributed by atoms with Gasteiger partial charge in [-0.3, -0.25) is 4.57 Å². The molecule has 0 amide bonds. The Morgan fingerprint density at radius 1 is 0.957 bits per heavy atom. The summed E-state index contributed by atoms with van der Waals surface area (Å²) in [4.78, 5) is 0. The van der Waals surface area contributed by atoms with Crippen molar-refractivity contribution in [3.63, 3.8) is 0 Å². The Labute approximate surface area is 137 Å². The summed E-state index contributed by atoms with van der Waals surface area (Å²) in [7, 11) is 1.29. The van der Waals surface area contributed by atoms with Crippen molar-refractivity contribution in [3.8, 4) is 5.75 Å². The summed E-state index contributed by atoms with van der Waals surface area (Å²) in [6.45, 7) is 0. The van der Waals surface area contributed by atoms with Crippen LogP contribution in [0.15, 0.2) is 54.6 Å². The fraction of sp³-hybridized carbons (Fsp3) is 0.294. The van der Waals surface area contributed by atoms with Crippen molar-refractivity contribution in [2.45, 2.75) is 6.04 Å². The normalized spacial score (nSPS) is 12.7. The topological polar surface area (TPSA) is 56.8 Å². The summed E-state index contributed by atoms with van der Waals surface area (Å²) < 4.78 is 27.9. The molecule has 0 fully saturated rings. The molecule has 0 radical (unpaired) electrons. The van der Waals surface area contributed by atoms with E-state index in [1.54, 1.807) is 7.11 Å². The van der Waals surface area contributed by atoms with Crippen LogP contribution in [0.1, 0.15) is 11.6 Å². The number of hydrogen-bond donors (Lipinski definition) is 1. The molecular weight excluding hydrogens is 313 g/mol. The number of methoxy groups -OCH3 is 1. The van der Waals surface area contributed by atoms with Crippen LogP contribution in [0.2, 0.25) is 0 Å². The highest BCUT2D eigenvalue weighted by atomic mass is 31.2. The van der Waals surface area contributed by atoms with Gasteiger partial charge in [-0.2, -0.15) is 0 Å². The lowest BCUT2D eigenvalue weighted by molar-refractivity contribution is 0.274. The lowest BCUT2D eigenvalue weighted by Gasteiger charge is -2.24. The molecule has 2 rings (SSSR count).